The largest absolute Gasteiger partial charge is 0.511 e. The van der Waals surface area contributed by atoms with Crippen LogP contribution < -0.4 is 5.73 Å². The Labute approximate surface area is 161 Å². The van der Waals surface area contributed by atoms with Crippen LogP contribution in [-0.4, -0.2) is 66.3 Å². The van der Waals surface area contributed by atoms with Crippen molar-refractivity contribution < 1.29 is 19.4 Å². The van der Waals surface area contributed by atoms with Gasteiger partial charge >= 0.3 is 0 Å². The Morgan fingerprint density at radius 2 is 1.96 bits per heavy atom. The zero-order valence-electron chi connectivity index (χ0n) is 16.8. The molecule has 2 rings (SSSR count). The molecule has 0 aromatic heterocycles. The molecule has 27 heavy (non-hydrogen) atoms. The predicted molar refractivity (Wildman–Crippen MR) is 105 cm³/mol. The van der Waals surface area contributed by atoms with Crippen molar-refractivity contribution in [2.75, 3.05) is 32.8 Å². The van der Waals surface area contributed by atoms with Crippen LogP contribution in [0.5, 0.6) is 0 Å². The van der Waals surface area contributed by atoms with Crippen molar-refractivity contribution in [3.05, 3.63) is 11.3 Å². The lowest BCUT2D eigenvalue weighted by molar-refractivity contribution is -0.136. The Bertz CT molecular complexity index is 619. The zero-order chi connectivity index (χ0) is 20.0. The number of amides is 1. The van der Waals surface area contributed by atoms with Crippen molar-refractivity contribution in [3.63, 3.8) is 0 Å². The van der Waals surface area contributed by atoms with E-state index < -0.39 is 6.04 Å². The van der Waals surface area contributed by atoms with Crippen LogP contribution in [0, 0.1) is 5.41 Å². The van der Waals surface area contributed by atoms with Gasteiger partial charge in [0.05, 0.1) is 24.8 Å². The van der Waals surface area contributed by atoms with Crippen molar-refractivity contribution >= 4 is 17.4 Å². The van der Waals surface area contributed by atoms with Gasteiger partial charge in [-0.05, 0) is 31.6 Å². The first kappa shape index (κ1) is 21.6. The van der Waals surface area contributed by atoms with E-state index in [4.69, 9.17) is 10.5 Å². The number of carbonyl (C=O) groups is 2. The molecule has 152 valence electrons. The Balaban J connectivity index is 1.76. The number of rotatable bonds is 7. The maximum Gasteiger partial charge on any atom is 0.239 e. The van der Waals surface area contributed by atoms with Gasteiger partial charge in [-0.1, -0.05) is 13.8 Å². The highest BCUT2D eigenvalue weighted by Gasteiger charge is 2.33. The molecule has 1 atom stereocenters. The number of hydrogen-bond donors (Lipinski definition) is 2. The van der Waals surface area contributed by atoms with Crippen LogP contribution in [0.2, 0.25) is 0 Å². The summed E-state index contributed by atoms with van der Waals surface area (Å²) in [7, 11) is 0. The number of Topliss-reactive ketones (excluding diaryl/α,β-unsaturated/α-hetero) is 1. The molecule has 0 saturated carbocycles. The van der Waals surface area contributed by atoms with Crippen LogP contribution in [-0.2, 0) is 14.3 Å². The van der Waals surface area contributed by atoms with Gasteiger partial charge in [-0.15, -0.1) is 0 Å². The van der Waals surface area contributed by atoms with Gasteiger partial charge in [0.2, 0.25) is 5.91 Å². The van der Waals surface area contributed by atoms with Gasteiger partial charge < -0.3 is 20.5 Å². The summed E-state index contributed by atoms with van der Waals surface area (Å²) in [6, 6.07) is -0.484. The first-order valence-corrected chi connectivity index (χ1v) is 9.80. The Kier molecular flexibility index (Phi) is 7.56. The third kappa shape index (κ3) is 6.14. The summed E-state index contributed by atoms with van der Waals surface area (Å²) >= 11 is 0. The van der Waals surface area contributed by atoms with E-state index in [0.717, 1.165) is 12.8 Å². The van der Waals surface area contributed by atoms with Crippen LogP contribution in [0.15, 0.2) is 16.3 Å². The topological polar surface area (TPSA) is 105 Å². The number of aliphatic hydroxyl groups is 1. The van der Waals surface area contributed by atoms with Gasteiger partial charge in [0.15, 0.2) is 5.78 Å². The lowest BCUT2D eigenvalue weighted by Gasteiger charge is -2.29. The minimum Gasteiger partial charge on any atom is -0.511 e. The molecule has 2 aliphatic rings. The minimum absolute atomic E-state index is 0.0107. The number of morpholine rings is 1. The third-order valence-electron chi connectivity index (χ3n) is 5.13. The maximum absolute atomic E-state index is 12.3. The van der Waals surface area contributed by atoms with E-state index in [2.05, 4.69) is 4.99 Å². The number of ether oxygens (including phenoxy) is 1. The molecule has 3 N–H and O–H groups in total. The maximum atomic E-state index is 12.3. The first-order valence-electron chi connectivity index (χ1n) is 9.80. The highest BCUT2D eigenvalue weighted by molar-refractivity contribution is 6.22. The van der Waals surface area contributed by atoms with Crippen LogP contribution in [0.4, 0.5) is 0 Å². The predicted octanol–water partition coefficient (Wildman–Crippen LogP) is 2.00. The van der Waals surface area contributed by atoms with Gasteiger partial charge in [-0.2, -0.15) is 0 Å². The molecule has 1 fully saturated rings. The second kappa shape index (κ2) is 9.46. The summed E-state index contributed by atoms with van der Waals surface area (Å²) in [5.74, 6) is 0.0993. The Hall–Kier alpha value is -1.73. The van der Waals surface area contributed by atoms with E-state index in [0.29, 0.717) is 63.4 Å². The molecule has 0 aromatic carbocycles. The van der Waals surface area contributed by atoms with E-state index in [-0.39, 0.29) is 22.9 Å². The number of ketones is 1. The molecule has 1 amide bonds. The summed E-state index contributed by atoms with van der Waals surface area (Å²) in [4.78, 5) is 30.8. The SMILES string of the molecule is CC(=NCCCC[C@@H](N)C(=O)N1CCOCC1)C1=C(O)CC(C)(C)CC1=O. The summed E-state index contributed by atoms with van der Waals surface area (Å²) < 4.78 is 5.25. The van der Waals surface area contributed by atoms with Gasteiger partial charge in [0.25, 0.3) is 0 Å². The molecule has 1 aliphatic heterocycles. The van der Waals surface area contributed by atoms with Gasteiger partial charge in [-0.25, -0.2) is 0 Å². The smallest absolute Gasteiger partial charge is 0.239 e. The molecule has 0 spiro atoms. The van der Waals surface area contributed by atoms with E-state index in [1.54, 1.807) is 11.8 Å². The molecule has 1 heterocycles. The van der Waals surface area contributed by atoms with Gasteiger partial charge in [-0.3, -0.25) is 14.6 Å². The molecular weight excluding hydrogens is 346 g/mol. The van der Waals surface area contributed by atoms with E-state index >= 15 is 0 Å². The second-order valence-corrected chi connectivity index (χ2v) is 8.27. The van der Waals surface area contributed by atoms with Crippen molar-refractivity contribution in [1.29, 1.82) is 0 Å². The fourth-order valence-corrected chi connectivity index (χ4v) is 3.64. The van der Waals surface area contributed by atoms with Crippen molar-refractivity contribution in [1.82, 2.24) is 4.90 Å². The van der Waals surface area contributed by atoms with Crippen molar-refractivity contribution in [3.8, 4) is 0 Å². The van der Waals surface area contributed by atoms with Crippen molar-refractivity contribution in [2.45, 2.75) is 58.9 Å². The third-order valence-corrected chi connectivity index (χ3v) is 5.13. The van der Waals surface area contributed by atoms with Crippen molar-refractivity contribution in [2.24, 2.45) is 16.1 Å². The molecule has 0 unspecified atom stereocenters. The number of nitrogens with two attached hydrogens (primary N) is 1. The second-order valence-electron chi connectivity index (χ2n) is 8.27. The summed E-state index contributed by atoms with van der Waals surface area (Å²) in [5.41, 5.74) is 6.80. The molecule has 7 nitrogen and oxygen atoms in total. The average molecular weight is 380 g/mol. The number of allylic oxidation sites excluding steroid dienone is 2. The lowest BCUT2D eigenvalue weighted by atomic mass is 9.76. The summed E-state index contributed by atoms with van der Waals surface area (Å²) in [6.45, 7) is 8.65. The van der Waals surface area contributed by atoms with E-state index in [1.807, 2.05) is 13.8 Å². The van der Waals surface area contributed by atoms with E-state index in [9.17, 15) is 14.7 Å². The average Bonchev–Trinajstić information content (AvgIpc) is 2.59. The number of hydrogen-bond acceptors (Lipinski definition) is 6. The first-order chi connectivity index (χ1) is 12.7. The van der Waals surface area contributed by atoms with Crippen LogP contribution in [0.25, 0.3) is 0 Å². The fourth-order valence-electron chi connectivity index (χ4n) is 3.64. The molecule has 0 bridgehead atoms. The van der Waals surface area contributed by atoms with Gasteiger partial charge in [0, 0.05) is 38.2 Å². The quantitative estimate of drug-likeness (QED) is 0.520. The number of nitrogens with zero attached hydrogens (tertiary/aromatic N) is 2. The lowest BCUT2D eigenvalue weighted by Crippen LogP contribution is -2.48. The number of carbonyl (C=O) groups excluding carboxylic acids is 2. The molecular formula is C20H33N3O4. The monoisotopic (exact) mass is 379 g/mol. The molecule has 7 heteroatoms. The van der Waals surface area contributed by atoms with Gasteiger partial charge in [0.1, 0.15) is 5.76 Å². The standard InChI is InChI=1S/C20H33N3O4/c1-14(18-16(24)12-20(2,3)13-17(18)25)22-7-5-4-6-15(21)19(26)23-8-10-27-11-9-23/h15,24H,4-13,21H2,1-3H3/t15-/m1/s1. The number of aliphatic imine (C=N–C) groups is 1. The number of unbranched alkanes of at least 4 members (excludes halogenated alkanes) is 1. The summed E-state index contributed by atoms with van der Waals surface area (Å²) in [6.07, 6.45) is 3.12. The zero-order valence-corrected chi connectivity index (χ0v) is 16.8. The normalized spacial score (nSPS) is 22.1. The minimum atomic E-state index is -0.484. The molecule has 0 radical (unpaired) electrons. The summed E-state index contributed by atoms with van der Waals surface area (Å²) in [5, 5.41) is 10.2. The number of aliphatic hydroxyl groups excluding tert-OH is 1. The van der Waals surface area contributed by atoms with Crippen LogP contribution in [0.1, 0.15) is 52.9 Å². The Morgan fingerprint density at radius 1 is 1.30 bits per heavy atom. The molecule has 1 aliphatic carbocycles. The fraction of sp³-hybridized carbons (Fsp3) is 0.750. The highest BCUT2D eigenvalue weighted by atomic mass is 16.5. The van der Waals surface area contributed by atoms with E-state index in [1.165, 1.54) is 0 Å². The highest BCUT2D eigenvalue weighted by Crippen LogP contribution is 2.36. The Morgan fingerprint density at radius 3 is 2.59 bits per heavy atom. The van der Waals surface area contributed by atoms with Crippen LogP contribution >= 0.6 is 0 Å². The molecule has 0 aromatic rings. The van der Waals surface area contributed by atoms with Crippen LogP contribution in [0.3, 0.4) is 0 Å². The molecule has 1 saturated heterocycles.